The minimum absolute atomic E-state index is 0.100. The Morgan fingerprint density at radius 1 is 1.27 bits per heavy atom. The molecular weight excluding hydrogens is 280 g/mol. The van der Waals surface area contributed by atoms with E-state index in [-0.39, 0.29) is 11.8 Å². The van der Waals surface area contributed by atoms with Gasteiger partial charge in [0.1, 0.15) is 0 Å². The number of aromatic nitrogens is 2. The predicted molar refractivity (Wildman–Crippen MR) is 85.5 cm³/mol. The minimum atomic E-state index is -0.100. The Hall–Kier alpha value is -2.56. The molecule has 1 heterocycles. The largest absolute Gasteiger partial charge is 0.493 e. The summed E-state index contributed by atoms with van der Waals surface area (Å²) < 4.78 is 12.3. The van der Waals surface area contributed by atoms with Crippen molar-refractivity contribution in [1.29, 1.82) is 0 Å². The molecule has 0 fully saturated rings. The van der Waals surface area contributed by atoms with Gasteiger partial charge in [-0.05, 0) is 32.1 Å². The van der Waals surface area contributed by atoms with Crippen molar-refractivity contribution < 1.29 is 14.3 Å². The molecule has 0 unspecified atom stereocenters. The molecule has 1 aromatic carbocycles. The highest BCUT2D eigenvalue weighted by Gasteiger charge is 2.09. The molecule has 0 aliphatic heterocycles. The maximum atomic E-state index is 12.2. The van der Waals surface area contributed by atoms with E-state index in [0.29, 0.717) is 17.1 Å². The highest BCUT2D eigenvalue weighted by atomic mass is 16.5. The smallest absolute Gasteiger partial charge is 0.189 e. The predicted octanol–water partition coefficient (Wildman–Crippen LogP) is 3.38. The fourth-order valence-electron chi connectivity index (χ4n) is 2.05. The average Bonchev–Trinajstić information content (AvgIpc) is 3.02. The Balaban J connectivity index is 2.22. The van der Waals surface area contributed by atoms with Crippen molar-refractivity contribution in [2.75, 3.05) is 14.2 Å². The van der Waals surface area contributed by atoms with Crippen LogP contribution < -0.4 is 9.47 Å². The molecule has 0 saturated heterocycles. The van der Waals surface area contributed by atoms with E-state index in [1.807, 2.05) is 32.0 Å². The molecule has 2 aromatic rings. The zero-order valence-electron chi connectivity index (χ0n) is 13.2. The number of ketones is 1. The first kappa shape index (κ1) is 15.8. The lowest BCUT2D eigenvalue weighted by Gasteiger charge is -2.09. The van der Waals surface area contributed by atoms with E-state index in [2.05, 4.69) is 5.10 Å². The van der Waals surface area contributed by atoms with Crippen LogP contribution in [-0.4, -0.2) is 29.8 Å². The number of ether oxygens (including phenoxy) is 2. The molecule has 0 radical (unpaired) electrons. The molecule has 0 amide bonds. The Kier molecular flexibility index (Phi) is 4.99. The van der Waals surface area contributed by atoms with Crippen LogP contribution in [0.25, 0.3) is 6.08 Å². The highest BCUT2D eigenvalue weighted by Crippen LogP contribution is 2.31. The summed E-state index contributed by atoms with van der Waals surface area (Å²) in [5.41, 5.74) is 1.35. The summed E-state index contributed by atoms with van der Waals surface area (Å²) >= 11 is 0. The maximum absolute atomic E-state index is 12.2. The number of rotatable bonds is 6. The first-order valence-corrected chi connectivity index (χ1v) is 7.04. The maximum Gasteiger partial charge on any atom is 0.189 e. The lowest BCUT2D eigenvalue weighted by atomic mass is 10.1. The number of para-hydroxylation sites is 1. The number of nitrogens with zero attached hydrogens (tertiary/aromatic N) is 2. The first-order chi connectivity index (χ1) is 10.6. The second-order valence-electron chi connectivity index (χ2n) is 5.08. The summed E-state index contributed by atoms with van der Waals surface area (Å²) in [6.07, 6.45) is 6.56. The van der Waals surface area contributed by atoms with Gasteiger partial charge >= 0.3 is 0 Å². The molecule has 5 nitrogen and oxygen atoms in total. The van der Waals surface area contributed by atoms with Gasteiger partial charge in [0.05, 0.1) is 26.0 Å². The normalized spacial score (nSPS) is 11.1. The van der Waals surface area contributed by atoms with E-state index in [4.69, 9.17) is 9.47 Å². The van der Waals surface area contributed by atoms with Gasteiger partial charge in [-0.2, -0.15) is 5.10 Å². The third-order valence-electron chi connectivity index (χ3n) is 3.26. The molecule has 0 atom stereocenters. The highest BCUT2D eigenvalue weighted by molar-refractivity contribution is 6.06. The van der Waals surface area contributed by atoms with Crippen molar-refractivity contribution >= 4 is 11.9 Å². The molecule has 116 valence electrons. The number of allylic oxidation sites excluding steroid dienone is 1. The quantitative estimate of drug-likeness (QED) is 0.606. The van der Waals surface area contributed by atoms with Gasteiger partial charge in [0.15, 0.2) is 17.3 Å². The molecule has 0 N–H and O–H groups in total. The molecular formula is C17H20N2O3. The summed E-state index contributed by atoms with van der Waals surface area (Å²) in [4.78, 5) is 12.2. The van der Waals surface area contributed by atoms with Crippen LogP contribution in [0.2, 0.25) is 0 Å². The van der Waals surface area contributed by atoms with Gasteiger partial charge in [0, 0.05) is 17.8 Å². The van der Waals surface area contributed by atoms with Crippen LogP contribution in [-0.2, 0) is 0 Å². The molecule has 0 spiro atoms. The van der Waals surface area contributed by atoms with Crippen LogP contribution in [0.5, 0.6) is 11.5 Å². The lowest BCUT2D eigenvalue weighted by molar-refractivity contribution is 0.104. The fourth-order valence-corrected chi connectivity index (χ4v) is 2.05. The van der Waals surface area contributed by atoms with Crippen molar-refractivity contribution in [2.24, 2.45) is 0 Å². The zero-order valence-corrected chi connectivity index (χ0v) is 13.2. The minimum Gasteiger partial charge on any atom is -0.493 e. The van der Waals surface area contributed by atoms with Gasteiger partial charge in [-0.15, -0.1) is 0 Å². The Labute approximate surface area is 130 Å². The second-order valence-corrected chi connectivity index (χ2v) is 5.08. The van der Waals surface area contributed by atoms with Gasteiger partial charge in [-0.25, -0.2) is 0 Å². The van der Waals surface area contributed by atoms with Crippen LogP contribution in [0.4, 0.5) is 0 Å². The average molecular weight is 300 g/mol. The van der Waals surface area contributed by atoms with Crippen molar-refractivity contribution in [3.63, 3.8) is 0 Å². The fraction of sp³-hybridized carbons (Fsp3) is 0.294. The molecule has 0 aliphatic carbocycles. The van der Waals surface area contributed by atoms with E-state index < -0.39 is 0 Å². The molecule has 2 rings (SSSR count). The molecule has 0 saturated carbocycles. The van der Waals surface area contributed by atoms with Gasteiger partial charge in [-0.3, -0.25) is 9.48 Å². The van der Waals surface area contributed by atoms with E-state index >= 15 is 0 Å². The van der Waals surface area contributed by atoms with Gasteiger partial charge < -0.3 is 9.47 Å². The SMILES string of the molecule is COc1cccc(/C=C\C(=O)c2cnn(C(C)C)c2)c1OC. The molecule has 0 bridgehead atoms. The second kappa shape index (κ2) is 6.93. The van der Waals surface area contributed by atoms with E-state index in [0.717, 1.165) is 5.56 Å². The van der Waals surface area contributed by atoms with Crippen molar-refractivity contribution in [1.82, 2.24) is 9.78 Å². The van der Waals surface area contributed by atoms with Crippen LogP contribution in [0.1, 0.15) is 35.8 Å². The van der Waals surface area contributed by atoms with Gasteiger partial charge in [0.2, 0.25) is 0 Å². The van der Waals surface area contributed by atoms with E-state index in [1.165, 1.54) is 6.08 Å². The van der Waals surface area contributed by atoms with Gasteiger partial charge in [-0.1, -0.05) is 12.1 Å². The standard InChI is InChI=1S/C17H20N2O3/c1-12(2)19-11-14(10-18-19)15(20)9-8-13-6-5-7-16(21-3)17(13)22-4/h5-12H,1-4H3/b9-8-. The Morgan fingerprint density at radius 2 is 2.05 bits per heavy atom. The monoisotopic (exact) mass is 300 g/mol. The lowest BCUT2D eigenvalue weighted by Crippen LogP contribution is -2.00. The molecule has 1 aromatic heterocycles. The molecule has 0 aliphatic rings. The van der Waals surface area contributed by atoms with E-state index in [1.54, 1.807) is 37.4 Å². The Morgan fingerprint density at radius 3 is 2.64 bits per heavy atom. The molecule has 5 heteroatoms. The summed E-state index contributed by atoms with van der Waals surface area (Å²) in [6, 6.07) is 5.75. The zero-order chi connectivity index (χ0) is 16.1. The van der Waals surface area contributed by atoms with Crippen LogP contribution >= 0.6 is 0 Å². The van der Waals surface area contributed by atoms with Crippen LogP contribution in [0, 0.1) is 0 Å². The van der Waals surface area contributed by atoms with Gasteiger partial charge in [0.25, 0.3) is 0 Å². The third kappa shape index (κ3) is 3.36. The van der Waals surface area contributed by atoms with Crippen molar-refractivity contribution in [2.45, 2.75) is 19.9 Å². The number of methoxy groups -OCH3 is 2. The number of carbonyl (C=O) groups excluding carboxylic acids is 1. The Bertz CT molecular complexity index is 687. The number of carbonyl (C=O) groups is 1. The van der Waals surface area contributed by atoms with Crippen LogP contribution in [0.15, 0.2) is 36.7 Å². The molecule has 22 heavy (non-hydrogen) atoms. The first-order valence-electron chi connectivity index (χ1n) is 7.04. The summed E-state index contributed by atoms with van der Waals surface area (Å²) in [5.74, 6) is 1.13. The topological polar surface area (TPSA) is 53.3 Å². The summed E-state index contributed by atoms with van der Waals surface area (Å²) in [6.45, 7) is 4.02. The van der Waals surface area contributed by atoms with Crippen molar-refractivity contribution in [3.8, 4) is 11.5 Å². The number of benzene rings is 1. The summed E-state index contributed by atoms with van der Waals surface area (Å²) in [5, 5.41) is 4.17. The number of hydrogen-bond acceptors (Lipinski definition) is 4. The van der Waals surface area contributed by atoms with E-state index in [9.17, 15) is 4.79 Å². The summed E-state index contributed by atoms with van der Waals surface area (Å²) in [7, 11) is 3.15. The van der Waals surface area contributed by atoms with Crippen molar-refractivity contribution in [3.05, 3.63) is 47.8 Å². The van der Waals surface area contributed by atoms with Crippen LogP contribution in [0.3, 0.4) is 0 Å². The third-order valence-corrected chi connectivity index (χ3v) is 3.26. The number of hydrogen-bond donors (Lipinski definition) is 0.